The Hall–Kier alpha value is -1.68. The SMILES string of the molecule is CCN(c1cccc(C)c1)c1nc(Cl)ncc1F. The van der Waals surface area contributed by atoms with Crippen LogP contribution in [0.1, 0.15) is 12.5 Å². The van der Waals surface area contributed by atoms with Crippen molar-refractivity contribution in [2.45, 2.75) is 13.8 Å². The van der Waals surface area contributed by atoms with Crippen LogP contribution in [-0.2, 0) is 0 Å². The third kappa shape index (κ3) is 2.59. The lowest BCUT2D eigenvalue weighted by Gasteiger charge is -2.22. The molecule has 2 rings (SSSR count). The molecular weight excluding hydrogens is 253 g/mol. The van der Waals surface area contributed by atoms with Crippen LogP contribution in [0.15, 0.2) is 30.5 Å². The molecule has 0 aliphatic carbocycles. The molecule has 0 unspecified atom stereocenters. The van der Waals surface area contributed by atoms with E-state index in [0.717, 1.165) is 17.4 Å². The Kier molecular flexibility index (Phi) is 3.77. The van der Waals surface area contributed by atoms with Crippen molar-refractivity contribution < 1.29 is 4.39 Å². The highest BCUT2D eigenvalue weighted by atomic mass is 35.5. The van der Waals surface area contributed by atoms with E-state index < -0.39 is 5.82 Å². The Morgan fingerprint density at radius 3 is 2.83 bits per heavy atom. The maximum atomic E-state index is 13.8. The maximum Gasteiger partial charge on any atom is 0.224 e. The summed E-state index contributed by atoms with van der Waals surface area (Å²) in [6, 6.07) is 7.79. The largest absolute Gasteiger partial charge is 0.324 e. The molecule has 0 fully saturated rings. The predicted molar refractivity (Wildman–Crippen MR) is 70.9 cm³/mol. The minimum Gasteiger partial charge on any atom is -0.324 e. The topological polar surface area (TPSA) is 29.0 Å². The molecule has 2 aromatic rings. The van der Waals surface area contributed by atoms with E-state index in [1.807, 2.05) is 38.1 Å². The van der Waals surface area contributed by atoms with Crippen molar-refractivity contribution in [2.75, 3.05) is 11.4 Å². The molecule has 0 saturated heterocycles. The van der Waals surface area contributed by atoms with E-state index in [4.69, 9.17) is 11.6 Å². The van der Waals surface area contributed by atoms with E-state index in [-0.39, 0.29) is 11.1 Å². The molecule has 1 aromatic carbocycles. The molecular formula is C13H13ClFN3. The third-order valence-electron chi connectivity index (χ3n) is 2.58. The van der Waals surface area contributed by atoms with Gasteiger partial charge in [0, 0.05) is 12.2 Å². The lowest BCUT2D eigenvalue weighted by Crippen LogP contribution is -2.19. The van der Waals surface area contributed by atoms with Crippen LogP contribution in [0, 0.1) is 12.7 Å². The molecule has 0 amide bonds. The van der Waals surface area contributed by atoms with Crippen LogP contribution in [0.5, 0.6) is 0 Å². The first-order valence-corrected chi connectivity index (χ1v) is 6.02. The van der Waals surface area contributed by atoms with E-state index in [1.54, 1.807) is 4.90 Å². The molecule has 0 bridgehead atoms. The average Bonchev–Trinajstić information content (AvgIpc) is 2.35. The first-order chi connectivity index (χ1) is 8.61. The Morgan fingerprint density at radius 2 is 2.17 bits per heavy atom. The second-order valence-electron chi connectivity index (χ2n) is 3.89. The number of benzene rings is 1. The summed E-state index contributed by atoms with van der Waals surface area (Å²) < 4.78 is 13.8. The lowest BCUT2D eigenvalue weighted by atomic mass is 10.2. The van der Waals surface area contributed by atoms with Crippen molar-refractivity contribution in [1.29, 1.82) is 0 Å². The number of nitrogens with zero attached hydrogens (tertiary/aromatic N) is 3. The van der Waals surface area contributed by atoms with Gasteiger partial charge >= 0.3 is 0 Å². The Labute approximate surface area is 110 Å². The summed E-state index contributed by atoms with van der Waals surface area (Å²) in [6.45, 7) is 4.51. The number of hydrogen-bond acceptors (Lipinski definition) is 3. The van der Waals surface area contributed by atoms with E-state index in [0.29, 0.717) is 6.54 Å². The van der Waals surface area contributed by atoms with Gasteiger partial charge in [0.05, 0.1) is 6.20 Å². The quantitative estimate of drug-likeness (QED) is 0.792. The monoisotopic (exact) mass is 265 g/mol. The van der Waals surface area contributed by atoms with Gasteiger partial charge < -0.3 is 4.90 Å². The molecule has 0 spiro atoms. The normalized spacial score (nSPS) is 10.4. The van der Waals surface area contributed by atoms with Crippen LogP contribution in [0.3, 0.4) is 0 Å². The molecule has 3 nitrogen and oxygen atoms in total. The molecule has 0 saturated carbocycles. The highest BCUT2D eigenvalue weighted by molar-refractivity contribution is 6.28. The molecule has 0 radical (unpaired) electrons. The fourth-order valence-electron chi connectivity index (χ4n) is 1.78. The van der Waals surface area contributed by atoms with Crippen molar-refractivity contribution >= 4 is 23.1 Å². The van der Waals surface area contributed by atoms with Crippen molar-refractivity contribution in [3.63, 3.8) is 0 Å². The van der Waals surface area contributed by atoms with Crippen molar-refractivity contribution in [3.8, 4) is 0 Å². The Morgan fingerprint density at radius 1 is 1.39 bits per heavy atom. The van der Waals surface area contributed by atoms with E-state index in [2.05, 4.69) is 9.97 Å². The van der Waals surface area contributed by atoms with E-state index >= 15 is 0 Å². The summed E-state index contributed by atoms with van der Waals surface area (Å²) in [5.74, 6) is -0.286. The zero-order valence-corrected chi connectivity index (χ0v) is 10.9. The summed E-state index contributed by atoms with van der Waals surface area (Å²) in [7, 11) is 0. The molecule has 94 valence electrons. The number of rotatable bonds is 3. The summed E-state index contributed by atoms with van der Waals surface area (Å²) in [6.07, 6.45) is 1.09. The molecule has 0 atom stereocenters. The van der Waals surface area contributed by atoms with Crippen LogP contribution < -0.4 is 4.90 Å². The van der Waals surface area contributed by atoms with E-state index in [9.17, 15) is 4.39 Å². The summed E-state index contributed by atoms with van der Waals surface area (Å²) >= 11 is 5.72. The fraction of sp³-hybridized carbons (Fsp3) is 0.231. The third-order valence-corrected chi connectivity index (χ3v) is 2.76. The standard InChI is InChI=1S/C13H13ClFN3/c1-3-18(10-6-4-5-9(2)7-10)12-11(15)8-16-13(14)17-12/h4-8H,3H2,1-2H3. The van der Waals surface area contributed by atoms with Crippen molar-refractivity contribution in [1.82, 2.24) is 9.97 Å². The van der Waals surface area contributed by atoms with Gasteiger partial charge in [-0.05, 0) is 43.1 Å². The van der Waals surface area contributed by atoms with Gasteiger partial charge in [-0.15, -0.1) is 0 Å². The van der Waals surface area contributed by atoms with E-state index in [1.165, 1.54) is 0 Å². The molecule has 1 aromatic heterocycles. The predicted octanol–water partition coefficient (Wildman–Crippen LogP) is 3.74. The van der Waals surface area contributed by atoms with Gasteiger partial charge in [0.15, 0.2) is 11.6 Å². The van der Waals surface area contributed by atoms with Gasteiger partial charge in [-0.3, -0.25) is 0 Å². The zero-order chi connectivity index (χ0) is 13.1. The smallest absolute Gasteiger partial charge is 0.224 e. The Bertz CT molecular complexity index is 560. The van der Waals surface area contributed by atoms with Crippen LogP contribution in [0.4, 0.5) is 15.9 Å². The number of aryl methyl sites for hydroxylation is 1. The Balaban J connectivity index is 2.48. The number of hydrogen-bond donors (Lipinski definition) is 0. The molecule has 18 heavy (non-hydrogen) atoms. The molecule has 0 N–H and O–H groups in total. The highest BCUT2D eigenvalue weighted by Gasteiger charge is 2.15. The number of anilines is 2. The summed E-state index contributed by atoms with van der Waals surface area (Å²) in [4.78, 5) is 9.33. The molecule has 5 heteroatoms. The molecule has 1 heterocycles. The van der Waals surface area contributed by atoms with Gasteiger partial charge in [-0.2, -0.15) is 4.98 Å². The second-order valence-corrected chi connectivity index (χ2v) is 4.23. The summed E-state index contributed by atoms with van der Waals surface area (Å²) in [5, 5.41) is 0.0394. The van der Waals surface area contributed by atoms with Crippen LogP contribution in [0.2, 0.25) is 5.28 Å². The molecule has 0 aliphatic heterocycles. The fourth-order valence-corrected chi connectivity index (χ4v) is 1.91. The number of aromatic nitrogens is 2. The van der Waals surface area contributed by atoms with Gasteiger partial charge in [0.1, 0.15) is 0 Å². The van der Waals surface area contributed by atoms with Crippen molar-refractivity contribution in [2.24, 2.45) is 0 Å². The van der Waals surface area contributed by atoms with Crippen LogP contribution in [0.25, 0.3) is 0 Å². The van der Waals surface area contributed by atoms with Gasteiger partial charge in [0.25, 0.3) is 0 Å². The maximum absolute atomic E-state index is 13.8. The first kappa shape index (κ1) is 12.8. The van der Waals surface area contributed by atoms with Crippen molar-refractivity contribution in [3.05, 3.63) is 47.1 Å². The molecule has 0 aliphatic rings. The highest BCUT2D eigenvalue weighted by Crippen LogP contribution is 2.26. The van der Waals surface area contributed by atoms with Crippen LogP contribution >= 0.6 is 11.6 Å². The zero-order valence-electron chi connectivity index (χ0n) is 10.2. The number of halogens is 2. The minimum atomic E-state index is -0.484. The van der Waals surface area contributed by atoms with Gasteiger partial charge in [-0.1, -0.05) is 12.1 Å². The van der Waals surface area contributed by atoms with Crippen LogP contribution in [-0.4, -0.2) is 16.5 Å². The first-order valence-electron chi connectivity index (χ1n) is 5.64. The minimum absolute atomic E-state index is 0.0394. The van der Waals surface area contributed by atoms with Gasteiger partial charge in [0.2, 0.25) is 5.28 Å². The lowest BCUT2D eigenvalue weighted by molar-refractivity contribution is 0.611. The summed E-state index contributed by atoms with van der Waals surface area (Å²) in [5.41, 5.74) is 1.98. The average molecular weight is 266 g/mol. The van der Waals surface area contributed by atoms with Gasteiger partial charge in [-0.25, -0.2) is 9.37 Å². The second kappa shape index (κ2) is 5.31.